The second kappa shape index (κ2) is 6.33. The standard InChI is InChI=1S/C17H14N6O/c1-2-4-13(5-3-1)12-24-15-8-6-14(7-9-15)18-16-10-11-17-19-21-22-23(17)20-16/h1-11H,12H2,(H,18,20). The zero-order chi connectivity index (χ0) is 16.2. The summed E-state index contributed by atoms with van der Waals surface area (Å²) in [6, 6.07) is 21.4. The molecule has 0 bridgehead atoms. The molecule has 2 heterocycles. The van der Waals surface area contributed by atoms with Crippen LogP contribution in [0.25, 0.3) is 5.65 Å². The summed E-state index contributed by atoms with van der Waals surface area (Å²) in [7, 11) is 0. The quantitative estimate of drug-likeness (QED) is 0.610. The van der Waals surface area contributed by atoms with Gasteiger partial charge >= 0.3 is 0 Å². The zero-order valence-corrected chi connectivity index (χ0v) is 12.7. The molecule has 1 N–H and O–H groups in total. The Labute approximate surface area is 137 Å². The van der Waals surface area contributed by atoms with E-state index in [4.69, 9.17) is 4.74 Å². The number of nitrogens with one attached hydrogen (secondary N) is 1. The first-order chi connectivity index (χ1) is 11.9. The SMILES string of the molecule is c1ccc(COc2ccc(Nc3ccc4nnnn4n3)cc2)cc1. The van der Waals surface area contributed by atoms with Gasteiger partial charge in [-0.2, -0.15) is 0 Å². The van der Waals surface area contributed by atoms with E-state index in [1.54, 1.807) is 6.07 Å². The molecule has 0 fully saturated rings. The zero-order valence-electron chi connectivity index (χ0n) is 12.7. The van der Waals surface area contributed by atoms with E-state index in [2.05, 4.69) is 25.9 Å². The van der Waals surface area contributed by atoms with Crippen molar-refractivity contribution in [2.75, 3.05) is 5.32 Å². The predicted molar refractivity (Wildman–Crippen MR) is 89.1 cm³/mol. The van der Waals surface area contributed by atoms with Gasteiger partial charge in [0.2, 0.25) is 0 Å². The van der Waals surface area contributed by atoms with E-state index in [1.807, 2.05) is 60.7 Å². The highest BCUT2D eigenvalue weighted by molar-refractivity contribution is 5.57. The average Bonchev–Trinajstić information content (AvgIpc) is 3.10. The molecule has 0 spiro atoms. The first-order valence-corrected chi connectivity index (χ1v) is 7.46. The molecule has 7 nitrogen and oxygen atoms in total. The number of nitrogens with zero attached hydrogens (tertiary/aromatic N) is 5. The Morgan fingerprint density at radius 2 is 1.75 bits per heavy atom. The minimum Gasteiger partial charge on any atom is -0.489 e. The maximum atomic E-state index is 5.77. The first-order valence-electron chi connectivity index (χ1n) is 7.46. The second-order valence-corrected chi connectivity index (χ2v) is 5.17. The van der Waals surface area contributed by atoms with Crippen molar-refractivity contribution >= 4 is 17.2 Å². The number of fused-ring (bicyclic) bond motifs is 1. The van der Waals surface area contributed by atoms with Crippen LogP contribution in [0.2, 0.25) is 0 Å². The maximum Gasteiger partial charge on any atom is 0.200 e. The molecule has 118 valence electrons. The molecule has 0 saturated carbocycles. The van der Waals surface area contributed by atoms with Crippen LogP contribution in [-0.2, 0) is 6.61 Å². The van der Waals surface area contributed by atoms with Crippen molar-refractivity contribution in [1.82, 2.24) is 25.3 Å². The smallest absolute Gasteiger partial charge is 0.200 e. The number of benzene rings is 2. The van der Waals surface area contributed by atoms with Gasteiger partial charge in [0.1, 0.15) is 12.4 Å². The van der Waals surface area contributed by atoms with E-state index < -0.39 is 0 Å². The van der Waals surface area contributed by atoms with Crippen LogP contribution in [0.5, 0.6) is 5.75 Å². The van der Waals surface area contributed by atoms with Crippen molar-refractivity contribution in [2.24, 2.45) is 0 Å². The van der Waals surface area contributed by atoms with Gasteiger partial charge in [-0.3, -0.25) is 0 Å². The highest BCUT2D eigenvalue weighted by Crippen LogP contribution is 2.19. The van der Waals surface area contributed by atoms with Gasteiger partial charge < -0.3 is 10.1 Å². The van der Waals surface area contributed by atoms with Gasteiger partial charge in [-0.15, -0.1) is 14.8 Å². The lowest BCUT2D eigenvalue weighted by atomic mass is 10.2. The van der Waals surface area contributed by atoms with Crippen LogP contribution in [0.3, 0.4) is 0 Å². The summed E-state index contributed by atoms with van der Waals surface area (Å²) in [5.74, 6) is 1.47. The molecular weight excluding hydrogens is 304 g/mol. The van der Waals surface area contributed by atoms with Crippen LogP contribution in [0.15, 0.2) is 66.7 Å². The van der Waals surface area contributed by atoms with Gasteiger partial charge in [0.15, 0.2) is 11.5 Å². The third-order valence-electron chi connectivity index (χ3n) is 3.44. The summed E-state index contributed by atoms with van der Waals surface area (Å²) in [6.07, 6.45) is 0. The average molecular weight is 318 g/mol. The Balaban J connectivity index is 1.41. The van der Waals surface area contributed by atoms with Crippen molar-refractivity contribution in [2.45, 2.75) is 6.61 Å². The molecule has 0 aliphatic heterocycles. The normalized spacial score (nSPS) is 10.7. The van der Waals surface area contributed by atoms with E-state index in [-0.39, 0.29) is 0 Å². The van der Waals surface area contributed by atoms with E-state index in [0.29, 0.717) is 18.1 Å². The molecule has 2 aromatic carbocycles. The number of tetrazole rings is 1. The molecule has 4 rings (SSSR count). The predicted octanol–water partition coefficient (Wildman–Crippen LogP) is 2.84. The van der Waals surface area contributed by atoms with E-state index in [9.17, 15) is 0 Å². The van der Waals surface area contributed by atoms with Crippen LogP contribution in [-0.4, -0.2) is 25.3 Å². The topological polar surface area (TPSA) is 77.2 Å². The summed E-state index contributed by atoms with van der Waals surface area (Å²) in [6.45, 7) is 0.547. The van der Waals surface area contributed by atoms with E-state index in [1.165, 1.54) is 4.63 Å². The molecule has 4 aromatic rings. The molecule has 0 radical (unpaired) electrons. The highest BCUT2D eigenvalue weighted by atomic mass is 16.5. The molecule has 0 amide bonds. The third-order valence-corrected chi connectivity index (χ3v) is 3.44. The van der Waals surface area contributed by atoms with Crippen molar-refractivity contribution < 1.29 is 4.74 Å². The number of anilines is 2. The van der Waals surface area contributed by atoms with Crippen LogP contribution in [0.1, 0.15) is 5.56 Å². The molecule has 2 aromatic heterocycles. The first kappa shape index (κ1) is 14.1. The number of ether oxygens (including phenoxy) is 1. The molecule has 0 aliphatic rings. The molecule has 0 saturated heterocycles. The lowest BCUT2D eigenvalue weighted by Crippen LogP contribution is -2.00. The van der Waals surface area contributed by atoms with Crippen molar-refractivity contribution in [1.29, 1.82) is 0 Å². The summed E-state index contributed by atoms with van der Waals surface area (Å²) >= 11 is 0. The Hall–Kier alpha value is -3.48. The van der Waals surface area contributed by atoms with Crippen LogP contribution < -0.4 is 10.1 Å². The summed E-state index contributed by atoms with van der Waals surface area (Å²) in [5.41, 5.74) is 2.64. The number of hydrogen-bond acceptors (Lipinski definition) is 6. The van der Waals surface area contributed by atoms with Crippen molar-refractivity contribution in [3.05, 3.63) is 72.3 Å². The fourth-order valence-corrected chi connectivity index (χ4v) is 2.24. The van der Waals surface area contributed by atoms with Gasteiger partial charge in [-0.05, 0) is 52.4 Å². The van der Waals surface area contributed by atoms with Crippen molar-refractivity contribution in [3.63, 3.8) is 0 Å². The highest BCUT2D eigenvalue weighted by Gasteiger charge is 2.02. The summed E-state index contributed by atoms with van der Waals surface area (Å²) in [4.78, 5) is 0. The van der Waals surface area contributed by atoms with E-state index >= 15 is 0 Å². The van der Waals surface area contributed by atoms with Crippen LogP contribution >= 0.6 is 0 Å². The molecule has 0 atom stereocenters. The minimum atomic E-state index is 0.547. The molecule has 24 heavy (non-hydrogen) atoms. The third kappa shape index (κ3) is 3.14. The Kier molecular flexibility index (Phi) is 3.73. The van der Waals surface area contributed by atoms with Crippen LogP contribution in [0.4, 0.5) is 11.5 Å². The molecule has 0 unspecified atom stereocenters. The second-order valence-electron chi connectivity index (χ2n) is 5.17. The molecule has 7 heteroatoms. The lowest BCUT2D eigenvalue weighted by molar-refractivity contribution is 0.306. The Morgan fingerprint density at radius 3 is 2.58 bits per heavy atom. The minimum absolute atomic E-state index is 0.547. The fraction of sp³-hybridized carbons (Fsp3) is 0.0588. The Morgan fingerprint density at radius 1 is 0.917 bits per heavy atom. The van der Waals surface area contributed by atoms with Gasteiger partial charge in [-0.1, -0.05) is 30.3 Å². The fourth-order valence-electron chi connectivity index (χ4n) is 2.24. The largest absolute Gasteiger partial charge is 0.489 e. The summed E-state index contributed by atoms with van der Waals surface area (Å²) in [5, 5.41) is 18.6. The number of rotatable bonds is 5. The van der Waals surface area contributed by atoms with Crippen molar-refractivity contribution in [3.8, 4) is 5.75 Å². The number of hydrogen-bond donors (Lipinski definition) is 1. The summed E-state index contributed by atoms with van der Waals surface area (Å²) < 4.78 is 7.15. The van der Waals surface area contributed by atoms with Gasteiger partial charge in [-0.25, -0.2) is 0 Å². The van der Waals surface area contributed by atoms with E-state index in [0.717, 1.165) is 17.0 Å². The van der Waals surface area contributed by atoms with Gasteiger partial charge in [0, 0.05) is 5.69 Å². The lowest BCUT2D eigenvalue weighted by Gasteiger charge is -2.08. The van der Waals surface area contributed by atoms with Gasteiger partial charge in [0.05, 0.1) is 0 Å². The number of aromatic nitrogens is 5. The molecular formula is C17H14N6O. The maximum absolute atomic E-state index is 5.77. The van der Waals surface area contributed by atoms with Crippen LogP contribution in [0, 0.1) is 0 Å². The monoisotopic (exact) mass is 318 g/mol. The Bertz CT molecular complexity index is 936. The van der Waals surface area contributed by atoms with Gasteiger partial charge in [0.25, 0.3) is 0 Å². The molecule has 0 aliphatic carbocycles.